The van der Waals surface area contributed by atoms with Crippen LogP contribution >= 0.6 is 0 Å². The minimum Gasteiger partial charge on any atom is -0.387 e. The van der Waals surface area contributed by atoms with Gasteiger partial charge in [-0.05, 0) is 12.5 Å². The first-order chi connectivity index (χ1) is 8.72. The molecular weight excluding hydrogens is 230 g/mol. The molecule has 0 fully saturated rings. The van der Waals surface area contributed by atoms with Gasteiger partial charge in [0.2, 0.25) is 0 Å². The van der Waals surface area contributed by atoms with Crippen LogP contribution in [0.4, 0.5) is 5.69 Å². The molecule has 0 aliphatic carbocycles. The summed E-state index contributed by atoms with van der Waals surface area (Å²) in [6, 6.07) is 1.82. The number of nitrogens with zero attached hydrogens (tertiary/aromatic N) is 1. The molecule has 0 saturated heterocycles. The molecule has 1 unspecified atom stereocenters. The molecule has 100 valence electrons. The number of methoxy groups -OCH3 is 1. The minimum atomic E-state index is -0.122. The van der Waals surface area contributed by atoms with Gasteiger partial charge in [-0.3, -0.25) is 9.78 Å². The Morgan fingerprint density at radius 3 is 2.94 bits per heavy atom. The number of rotatable bonds is 7. The molecule has 0 aromatic carbocycles. The third-order valence-electron chi connectivity index (χ3n) is 2.68. The van der Waals surface area contributed by atoms with E-state index in [9.17, 15) is 4.79 Å². The standard InChI is InChI=1S/C13H21N3O2/c1-4-5-10(9-18-3)16-13(17)11-8-15-7-6-12(11)14-2/h6-8,10H,4-5,9H2,1-3H3,(H,14,15)(H,16,17). The first kappa shape index (κ1) is 14.4. The Morgan fingerprint density at radius 2 is 2.33 bits per heavy atom. The van der Waals surface area contributed by atoms with E-state index in [0.29, 0.717) is 12.2 Å². The fraction of sp³-hybridized carbons (Fsp3) is 0.538. The highest BCUT2D eigenvalue weighted by Crippen LogP contribution is 2.12. The number of carbonyl (C=O) groups is 1. The zero-order chi connectivity index (χ0) is 13.4. The minimum absolute atomic E-state index is 0.0393. The van der Waals surface area contributed by atoms with Crippen molar-refractivity contribution in [1.29, 1.82) is 0 Å². The summed E-state index contributed by atoms with van der Waals surface area (Å²) in [7, 11) is 3.42. The Bertz CT molecular complexity index is 376. The summed E-state index contributed by atoms with van der Waals surface area (Å²) >= 11 is 0. The van der Waals surface area contributed by atoms with Crippen molar-refractivity contribution in [3.63, 3.8) is 0 Å². The summed E-state index contributed by atoms with van der Waals surface area (Å²) < 4.78 is 5.10. The predicted octanol–water partition coefficient (Wildman–Crippen LogP) is 1.67. The zero-order valence-corrected chi connectivity index (χ0v) is 11.2. The Morgan fingerprint density at radius 1 is 1.56 bits per heavy atom. The number of ether oxygens (including phenoxy) is 1. The van der Waals surface area contributed by atoms with E-state index in [-0.39, 0.29) is 11.9 Å². The van der Waals surface area contributed by atoms with Gasteiger partial charge in [0.25, 0.3) is 5.91 Å². The quantitative estimate of drug-likeness (QED) is 0.773. The van der Waals surface area contributed by atoms with Crippen LogP contribution in [0.5, 0.6) is 0 Å². The smallest absolute Gasteiger partial charge is 0.255 e. The van der Waals surface area contributed by atoms with Crippen LogP contribution in [0.15, 0.2) is 18.5 Å². The van der Waals surface area contributed by atoms with E-state index >= 15 is 0 Å². The largest absolute Gasteiger partial charge is 0.387 e. The van der Waals surface area contributed by atoms with Gasteiger partial charge in [-0.15, -0.1) is 0 Å². The molecule has 0 aliphatic rings. The summed E-state index contributed by atoms with van der Waals surface area (Å²) in [5, 5.41) is 5.95. The maximum absolute atomic E-state index is 12.1. The molecule has 0 bridgehead atoms. The third kappa shape index (κ3) is 4.00. The zero-order valence-electron chi connectivity index (χ0n) is 11.2. The third-order valence-corrected chi connectivity index (χ3v) is 2.68. The topological polar surface area (TPSA) is 63.2 Å². The van der Waals surface area contributed by atoms with Crippen molar-refractivity contribution in [2.75, 3.05) is 26.1 Å². The Labute approximate surface area is 108 Å². The lowest BCUT2D eigenvalue weighted by molar-refractivity contribution is 0.0892. The first-order valence-electron chi connectivity index (χ1n) is 6.14. The maximum Gasteiger partial charge on any atom is 0.255 e. The van der Waals surface area contributed by atoms with Gasteiger partial charge in [0.1, 0.15) is 0 Å². The molecule has 1 atom stereocenters. The van der Waals surface area contributed by atoms with Crippen molar-refractivity contribution in [2.45, 2.75) is 25.8 Å². The second kappa shape index (κ2) is 7.66. The number of anilines is 1. The van der Waals surface area contributed by atoms with Crippen molar-refractivity contribution in [3.8, 4) is 0 Å². The molecule has 0 saturated carbocycles. The van der Waals surface area contributed by atoms with E-state index in [1.807, 2.05) is 0 Å². The molecule has 0 aliphatic heterocycles. The highest BCUT2D eigenvalue weighted by molar-refractivity contribution is 5.99. The molecule has 2 N–H and O–H groups in total. The van der Waals surface area contributed by atoms with Crippen LogP contribution < -0.4 is 10.6 Å². The monoisotopic (exact) mass is 251 g/mol. The van der Waals surface area contributed by atoms with Gasteiger partial charge >= 0.3 is 0 Å². The fourth-order valence-corrected chi connectivity index (χ4v) is 1.80. The SMILES string of the molecule is CCCC(COC)NC(=O)c1cnccc1NC. The molecule has 1 rings (SSSR count). The van der Waals surface area contributed by atoms with Crippen LogP contribution in [-0.2, 0) is 4.74 Å². The second-order valence-electron chi connectivity index (χ2n) is 4.09. The van der Waals surface area contributed by atoms with Crippen molar-refractivity contribution < 1.29 is 9.53 Å². The van der Waals surface area contributed by atoms with Crippen molar-refractivity contribution in [3.05, 3.63) is 24.0 Å². The number of pyridine rings is 1. The van der Waals surface area contributed by atoms with Crippen molar-refractivity contribution in [1.82, 2.24) is 10.3 Å². The van der Waals surface area contributed by atoms with Crippen molar-refractivity contribution >= 4 is 11.6 Å². The second-order valence-corrected chi connectivity index (χ2v) is 4.09. The lowest BCUT2D eigenvalue weighted by Crippen LogP contribution is -2.38. The Kier molecular flexibility index (Phi) is 6.14. The van der Waals surface area contributed by atoms with E-state index in [1.165, 1.54) is 0 Å². The number of nitrogens with one attached hydrogen (secondary N) is 2. The molecule has 1 amide bonds. The van der Waals surface area contributed by atoms with Crippen LogP contribution in [0.1, 0.15) is 30.1 Å². The summed E-state index contributed by atoms with van der Waals surface area (Å²) in [5.74, 6) is -0.122. The average Bonchev–Trinajstić information content (AvgIpc) is 2.39. The van der Waals surface area contributed by atoms with Gasteiger partial charge in [0.05, 0.1) is 18.2 Å². The normalized spacial score (nSPS) is 11.9. The van der Waals surface area contributed by atoms with Gasteiger partial charge in [-0.2, -0.15) is 0 Å². The highest BCUT2D eigenvalue weighted by Gasteiger charge is 2.15. The van der Waals surface area contributed by atoms with Crippen LogP contribution in [0.25, 0.3) is 0 Å². The summed E-state index contributed by atoms with van der Waals surface area (Å²) in [6.07, 6.45) is 5.12. The van der Waals surface area contributed by atoms with Crippen molar-refractivity contribution in [2.24, 2.45) is 0 Å². The number of carbonyl (C=O) groups excluding carboxylic acids is 1. The van der Waals surface area contributed by atoms with Crippen LogP contribution in [0.2, 0.25) is 0 Å². The number of hydrogen-bond acceptors (Lipinski definition) is 4. The van der Waals surface area contributed by atoms with Crippen LogP contribution in [-0.4, -0.2) is 37.7 Å². The molecule has 1 aromatic rings. The number of hydrogen-bond donors (Lipinski definition) is 2. The van der Waals surface area contributed by atoms with Gasteiger partial charge in [0.15, 0.2) is 0 Å². The average molecular weight is 251 g/mol. The first-order valence-corrected chi connectivity index (χ1v) is 6.14. The highest BCUT2D eigenvalue weighted by atomic mass is 16.5. The van der Waals surface area contributed by atoms with E-state index in [1.54, 1.807) is 32.6 Å². The fourth-order valence-electron chi connectivity index (χ4n) is 1.80. The molecule has 18 heavy (non-hydrogen) atoms. The number of amides is 1. The molecule has 1 aromatic heterocycles. The van der Waals surface area contributed by atoms with E-state index in [2.05, 4.69) is 22.5 Å². The van der Waals surface area contributed by atoms with Gasteiger partial charge in [-0.1, -0.05) is 13.3 Å². The lowest BCUT2D eigenvalue weighted by Gasteiger charge is -2.18. The van der Waals surface area contributed by atoms with E-state index < -0.39 is 0 Å². The van der Waals surface area contributed by atoms with Gasteiger partial charge < -0.3 is 15.4 Å². The molecule has 5 heteroatoms. The molecular formula is C13H21N3O2. The number of aromatic nitrogens is 1. The van der Waals surface area contributed by atoms with E-state index in [0.717, 1.165) is 18.5 Å². The predicted molar refractivity (Wildman–Crippen MR) is 71.8 cm³/mol. The van der Waals surface area contributed by atoms with E-state index in [4.69, 9.17) is 4.74 Å². The Hall–Kier alpha value is -1.62. The van der Waals surface area contributed by atoms with Crippen LogP contribution in [0.3, 0.4) is 0 Å². The summed E-state index contributed by atoms with van der Waals surface area (Å²) in [5.41, 5.74) is 1.33. The maximum atomic E-state index is 12.1. The molecule has 0 spiro atoms. The lowest BCUT2D eigenvalue weighted by atomic mass is 10.1. The summed E-state index contributed by atoms with van der Waals surface area (Å²) in [4.78, 5) is 16.1. The molecule has 1 heterocycles. The van der Waals surface area contributed by atoms with Gasteiger partial charge in [-0.25, -0.2) is 0 Å². The summed E-state index contributed by atoms with van der Waals surface area (Å²) in [6.45, 7) is 2.60. The van der Waals surface area contributed by atoms with Crippen LogP contribution in [0, 0.1) is 0 Å². The Balaban J connectivity index is 2.73. The molecule has 5 nitrogen and oxygen atoms in total. The van der Waals surface area contributed by atoms with Gasteiger partial charge in [0, 0.05) is 32.2 Å². The molecule has 0 radical (unpaired) electrons.